The summed E-state index contributed by atoms with van der Waals surface area (Å²) in [7, 11) is 3.16. The maximum absolute atomic E-state index is 12.4. The molecule has 1 saturated heterocycles. The first-order valence-corrected chi connectivity index (χ1v) is 9.20. The number of anilines is 2. The number of nitrogens with zero attached hydrogens (tertiary/aromatic N) is 1. The minimum absolute atomic E-state index is 0.114. The third-order valence-electron chi connectivity index (χ3n) is 4.61. The summed E-state index contributed by atoms with van der Waals surface area (Å²) in [6.07, 6.45) is 3.66. The van der Waals surface area contributed by atoms with Crippen LogP contribution in [0.25, 0.3) is 0 Å². The molecule has 1 aliphatic heterocycles. The van der Waals surface area contributed by atoms with Crippen molar-refractivity contribution in [3.05, 3.63) is 42.5 Å². The lowest BCUT2D eigenvalue weighted by Crippen LogP contribution is -2.29. The number of ether oxygens (including phenoxy) is 3. The molecule has 0 atom stereocenters. The Morgan fingerprint density at radius 3 is 2.37 bits per heavy atom. The second-order valence-electron chi connectivity index (χ2n) is 6.42. The molecular weight excluding hydrogens is 344 g/mol. The van der Waals surface area contributed by atoms with Crippen LogP contribution in [-0.4, -0.2) is 39.8 Å². The van der Waals surface area contributed by atoms with Crippen LogP contribution in [0.1, 0.15) is 19.3 Å². The van der Waals surface area contributed by atoms with Gasteiger partial charge in [-0.05, 0) is 49.6 Å². The largest absolute Gasteiger partial charge is 0.495 e. The standard InChI is InChI=1S/C21H26N2O4/c1-25-18-11-10-16(23-12-6-3-7-13-23)14-17(18)22-21(24)15-27-20-9-5-4-8-19(20)26-2/h4-5,8-11,14H,3,6-7,12-13,15H2,1-2H3,(H,22,24). The van der Waals surface area contributed by atoms with E-state index in [2.05, 4.69) is 10.2 Å². The number of hydrogen-bond donors (Lipinski definition) is 1. The van der Waals surface area contributed by atoms with Crippen molar-refractivity contribution < 1.29 is 19.0 Å². The molecule has 0 spiro atoms. The number of piperidine rings is 1. The molecule has 0 bridgehead atoms. The highest BCUT2D eigenvalue weighted by molar-refractivity contribution is 5.94. The number of para-hydroxylation sites is 2. The van der Waals surface area contributed by atoms with Crippen LogP contribution in [0.2, 0.25) is 0 Å². The molecule has 2 aromatic carbocycles. The number of hydrogen-bond acceptors (Lipinski definition) is 5. The smallest absolute Gasteiger partial charge is 0.262 e. The molecule has 144 valence electrons. The fraction of sp³-hybridized carbons (Fsp3) is 0.381. The monoisotopic (exact) mass is 370 g/mol. The van der Waals surface area contributed by atoms with Crippen LogP contribution in [0.5, 0.6) is 17.2 Å². The molecule has 0 unspecified atom stereocenters. The molecule has 0 radical (unpaired) electrons. The number of amides is 1. The lowest BCUT2D eigenvalue weighted by atomic mass is 10.1. The lowest BCUT2D eigenvalue weighted by Gasteiger charge is -2.29. The van der Waals surface area contributed by atoms with Gasteiger partial charge in [-0.2, -0.15) is 0 Å². The maximum Gasteiger partial charge on any atom is 0.262 e. The molecule has 0 aromatic heterocycles. The van der Waals surface area contributed by atoms with Gasteiger partial charge in [0.2, 0.25) is 0 Å². The Morgan fingerprint density at radius 1 is 0.963 bits per heavy atom. The number of rotatable bonds is 7. The zero-order chi connectivity index (χ0) is 19.1. The number of benzene rings is 2. The van der Waals surface area contributed by atoms with Gasteiger partial charge < -0.3 is 24.4 Å². The molecule has 1 aliphatic rings. The van der Waals surface area contributed by atoms with E-state index in [0.29, 0.717) is 22.9 Å². The van der Waals surface area contributed by atoms with Crippen molar-refractivity contribution in [2.75, 3.05) is 44.1 Å². The van der Waals surface area contributed by atoms with Crippen LogP contribution in [0.4, 0.5) is 11.4 Å². The minimum Gasteiger partial charge on any atom is -0.495 e. The normalized spacial score (nSPS) is 13.8. The molecule has 0 saturated carbocycles. The Hall–Kier alpha value is -2.89. The molecule has 1 N–H and O–H groups in total. The van der Waals surface area contributed by atoms with E-state index in [4.69, 9.17) is 14.2 Å². The van der Waals surface area contributed by atoms with Gasteiger partial charge in [-0.1, -0.05) is 12.1 Å². The van der Waals surface area contributed by atoms with E-state index in [1.165, 1.54) is 19.3 Å². The van der Waals surface area contributed by atoms with Gasteiger partial charge in [0.1, 0.15) is 5.75 Å². The molecule has 6 heteroatoms. The van der Waals surface area contributed by atoms with Gasteiger partial charge in [0.25, 0.3) is 5.91 Å². The van der Waals surface area contributed by atoms with Crippen LogP contribution in [0.15, 0.2) is 42.5 Å². The second-order valence-corrected chi connectivity index (χ2v) is 6.42. The van der Waals surface area contributed by atoms with E-state index in [9.17, 15) is 4.79 Å². The van der Waals surface area contributed by atoms with Gasteiger partial charge in [-0.15, -0.1) is 0 Å². The summed E-state index contributed by atoms with van der Waals surface area (Å²) >= 11 is 0. The first kappa shape index (κ1) is 18.9. The molecule has 0 aliphatic carbocycles. The Bertz CT molecular complexity index is 773. The predicted octanol–water partition coefficient (Wildman–Crippen LogP) is 3.71. The van der Waals surface area contributed by atoms with Gasteiger partial charge in [-0.3, -0.25) is 4.79 Å². The SMILES string of the molecule is COc1ccc(N2CCCCC2)cc1NC(=O)COc1ccccc1OC. The highest BCUT2D eigenvalue weighted by Gasteiger charge is 2.15. The number of nitrogens with one attached hydrogen (secondary N) is 1. The van der Waals surface area contributed by atoms with E-state index < -0.39 is 0 Å². The fourth-order valence-electron chi connectivity index (χ4n) is 3.21. The van der Waals surface area contributed by atoms with E-state index in [1.807, 2.05) is 30.3 Å². The summed E-state index contributed by atoms with van der Waals surface area (Å²) < 4.78 is 16.2. The lowest BCUT2D eigenvalue weighted by molar-refractivity contribution is -0.118. The zero-order valence-electron chi connectivity index (χ0n) is 15.9. The fourth-order valence-corrected chi connectivity index (χ4v) is 3.21. The maximum atomic E-state index is 12.4. The van der Waals surface area contributed by atoms with Crippen LogP contribution in [-0.2, 0) is 4.79 Å². The first-order valence-electron chi connectivity index (χ1n) is 9.20. The molecule has 2 aromatic rings. The molecule has 1 amide bonds. The quantitative estimate of drug-likeness (QED) is 0.805. The summed E-state index contributed by atoms with van der Waals surface area (Å²) in [5.41, 5.74) is 1.74. The van der Waals surface area contributed by atoms with Crippen molar-refractivity contribution in [2.45, 2.75) is 19.3 Å². The van der Waals surface area contributed by atoms with Gasteiger partial charge in [0, 0.05) is 18.8 Å². The second kappa shape index (κ2) is 9.16. The predicted molar refractivity (Wildman–Crippen MR) is 106 cm³/mol. The van der Waals surface area contributed by atoms with Crippen LogP contribution in [0, 0.1) is 0 Å². The van der Waals surface area contributed by atoms with Crippen LogP contribution < -0.4 is 24.4 Å². The third kappa shape index (κ3) is 4.84. The van der Waals surface area contributed by atoms with Gasteiger partial charge in [-0.25, -0.2) is 0 Å². The van der Waals surface area contributed by atoms with Gasteiger partial charge in [0.15, 0.2) is 18.1 Å². The van der Waals surface area contributed by atoms with E-state index in [-0.39, 0.29) is 12.5 Å². The first-order chi connectivity index (χ1) is 13.2. The Morgan fingerprint density at radius 2 is 1.67 bits per heavy atom. The molecule has 6 nitrogen and oxygen atoms in total. The van der Waals surface area contributed by atoms with Crippen molar-refractivity contribution >= 4 is 17.3 Å². The van der Waals surface area contributed by atoms with Crippen molar-refractivity contribution in [3.63, 3.8) is 0 Å². The summed E-state index contributed by atoms with van der Waals surface area (Å²) in [5, 5.41) is 2.89. The van der Waals surface area contributed by atoms with Crippen LogP contribution in [0.3, 0.4) is 0 Å². The Labute approximate surface area is 160 Å². The molecule has 1 fully saturated rings. The highest BCUT2D eigenvalue weighted by atomic mass is 16.5. The Kier molecular flexibility index (Phi) is 6.41. The Balaban J connectivity index is 1.67. The van der Waals surface area contributed by atoms with Crippen LogP contribution >= 0.6 is 0 Å². The summed E-state index contributed by atoms with van der Waals surface area (Å²) in [5.74, 6) is 1.50. The zero-order valence-corrected chi connectivity index (χ0v) is 15.9. The van der Waals surface area contributed by atoms with Crippen molar-refractivity contribution in [3.8, 4) is 17.2 Å². The molecule has 1 heterocycles. The molecule has 3 rings (SSSR count). The van der Waals surface area contributed by atoms with E-state index in [0.717, 1.165) is 18.8 Å². The van der Waals surface area contributed by atoms with Crippen molar-refractivity contribution in [1.29, 1.82) is 0 Å². The highest BCUT2D eigenvalue weighted by Crippen LogP contribution is 2.31. The third-order valence-corrected chi connectivity index (χ3v) is 4.61. The molecule has 27 heavy (non-hydrogen) atoms. The summed E-state index contributed by atoms with van der Waals surface area (Å²) in [4.78, 5) is 14.7. The van der Waals surface area contributed by atoms with E-state index in [1.54, 1.807) is 26.4 Å². The molecular formula is C21H26N2O4. The number of carbonyl (C=O) groups is 1. The number of carbonyl (C=O) groups excluding carboxylic acids is 1. The minimum atomic E-state index is -0.255. The average Bonchev–Trinajstić information content (AvgIpc) is 2.73. The van der Waals surface area contributed by atoms with Gasteiger partial charge in [0.05, 0.1) is 19.9 Å². The van der Waals surface area contributed by atoms with E-state index >= 15 is 0 Å². The summed E-state index contributed by atoms with van der Waals surface area (Å²) in [6.45, 7) is 1.96. The summed E-state index contributed by atoms with van der Waals surface area (Å²) in [6, 6.07) is 13.1. The van der Waals surface area contributed by atoms with Gasteiger partial charge >= 0.3 is 0 Å². The van der Waals surface area contributed by atoms with Crippen molar-refractivity contribution in [1.82, 2.24) is 0 Å². The van der Waals surface area contributed by atoms with Crippen molar-refractivity contribution in [2.24, 2.45) is 0 Å². The topological polar surface area (TPSA) is 60.0 Å². The average molecular weight is 370 g/mol. The number of methoxy groups -OCH3 is 2.